The van der Waals surface area contributed by atoms with Crippen LogP contribution in [0.25, 0.3) is 0 Å². The van der Waals surface area contributed by atoms with Crippen LogP contribution in [0.5, 0.6) is 5.75 Å². The summed E-state index contributed by atoms with van der Waals surface area (Å²) >= 11 is 0. The largest absolute Gasteiger partial charge is 0.481 e. The van der Waals surface area contributed by atoms with Gasteiger partial charge in [0, 0.05) is 7.05 Å². The number of anilines is 1. The van der Waals surface area contributed by atoms with Crippen LogP contribution in [0.3, 0.4) is 0 Å². The van der Waals surface area contributed by atoms with Crippen LogP contribution >= 0.6 is 0 Å². The van der Waals surface area contributed by atoms with E-state index in [4.69, 9.17) is 4.74 Å². The smallest absolute Gasteiger partial charge is 0.261 e. The van der Waals surface area contributed by atoms with Gasteiger partial charge in [0.2, 0.25) is 10.0 Å². The zero-order valence-corrected chi connectivity index (χ0v) is 18.7. The minimum Gasteiger partial charge on any atom is -0.481 e. The topological polar surface area (TPSA) is 75.7 Å². The minimum atomic E-state index is -3.33. The molecule has 0 bridgehead atoms. The maximum atomic E-state index is 12.7. The molecule has 0 aliphatic carbocycles. The molecule has 0 spiro atoms. The number of benzene rings is 2. The lowest BCUT2D eigenvalue weighted by Gasteiger charge is -2.22. The second-order valence-electron chi connectivity index (χ2n) is 7.33. The van der Waals surface area contributed by atoms with E-state index in [-0.39, 0.29) is 11.9 Å². The molecule has 2 atom stereocenters. The van der Waals surface area contributed by atoms with Crippen molar-refractivity contribution in [1.82, 2.24) is 5.32 Å². The molecule has 0 fully saturated rings. The van der Waals surface area contributed by atoms with Crippen molar-refractivity contribution in [1.29, 1.82) is 0 Å². The maximum absolute atomic E-state index is 12.7. The van der Waals surface area contributed by atoms with Gasteiger partial charge in [-0.1, -0.05) is 30.7 Å². The first-order valence-electron chi connectivity index (χ1n) is 9.61. The zero-order chi connectivity index (χ0) is 21.8. The lowest BCUT2D eigenvalue weighted by molar-refractivity contribution is -0.128. The van der Waals surface area contributed by atoms with E-state index < -0.39 is 16.1 Å². The van der Waals surface area contributed by atoms with E-state index >= 15 is 0 Å². The second kappa shape index (κ2) is 9.31. The Labute approximate surface area is 173 Å². The predicted molar refractivity (Wildman–Crippen MR) is 117 cm³/mol. The molecule has 7 heteroatoms. The fourth-order valence-corrected chi connectivity index (χ4v) is 3.61. The van der Waals surface area contributed by atoms with Crippen LogP contribution in [-0.4, -0.2) is 33.7 Å². The van der Waals surface area contributed by atoms with Gasteiger partial charge in [-0.05, 0) is 62.6 Å². The quantitative estimate of drug-likeness (QED) is 0.709. The number of nitrogens with one attached hydrogen (secondary N) is 1. The van der Waals surface area contributed by atoms with Crippen molar-refractivity contribution < 1.29 is 17.9 Å². The molecule has 0 saturated heterocycles. The summed E-state index contributed by atoms with van der Waals surface area (Å²) in [5, 5.41) is 3.03. The number of sulfonamides is 1. The summed E-state index contributed by atoms with van der Waals surface area (Å²) in [6, 6.07) is 12.7. The van der Waals surface area contributed by atoms with Crippen LogP contribution in [0.15, 0.2) is 42.5 Å². The first kappa shape index (κ1) is 22.7. The van der Waals surface area contributed by atoms with Gasteiger partial charge in [0.1, 0.15) is 5.75 Å². The number of carbonyl (C=O) groups excluding carboxylic acids is 1. The van der Waals surface area contributed by atoms with E-state index in [1.807, 2.05) is 39.8 Å². The maximum Gasteiger partial charge on any atom is 0.261 e. The SMILES string of the molecule is CC[C@H](Oc1ccc(N(C)S(C)(=O)=O)cc1)C(=O)N[C@H](C)c1ccc(C)cc1C. The summed E-state index contributed by atoms with van der Waals surface area (Å²) < 4.78 is 30.3. The summed E-state index contributed by atoms with van der Waals surface area (Å²) in [5.41, 5.74) is 3.93. The zero-order valence-electron chi connectivity index (χ0n) is 17.9. The third kappa shape index (κ3) is 5.97. The highest BCUT2D eigenvalue weighted by Crippen LogP contribution is 2.22. The van der Waals surface area contributed by atoms with Crippen LogP contribution in [0.1, 0.15) is 43.0 Å². The Kier molecular flexibility index (Phi) is 7.30. The number of amides is 1. The van der Waals surface area contributed by atoms with Gasteiger partial charge in [0.05, 0.1) is 18.0 Å². The molecule has 6 nitrogen and oxygen atoms in total. The molecule has 0 heterocycles. The van der Waals surface area contributed by atoms with Gasteiger partial charge in [0.25, 0.3) is 5.91 Å². The number of rotatable bonds is 8. The fourth-order valence-electron chi connectivity index (χ4n) is 3.11. The van der Waals surface area contributed by atoms with Crippen molar-refractivity contribution >= 4 is 21.6 Å². The molecular weight excluding hydrogens is 388 g/mol. The molecule has 29 heavy (non-hydrogen) atoms. The van der Waals surface area contributed by atoms with Crippen molar-refractivity contribution in [3.63, 3.8) is 0 Å². The van der Waals surface area contributed by atoms with E-state index in [0.717, 1.165) is 17.4 Å². The Bertz CT molecular complexity index is 955. The van der Waals surface area contributed by atoms with Gasteiger partial charge in [-0.3, -0.25) is 9.10 Å². The average molecular weight is 419 g/mol. The third-order valence-electron chi connectivity index (χ3n) is 4.89. The van der Waals surface area contributed by atoms with Crippen molar-refractivity contribution in [2.45, 2.75) is 46.3 Å². The van der Waals surface area contributed by atoms with Crippen molar-refractivity contribution in [2.24, 2.45) is 0 Å². The predicted octanol–water partition coefficient (Wildman–Crippen LogP) is 3.73. The minimum absolute atomic E-state index is 0.133. The molecule has 0 aliphatic rings. The Morgan fingerprint density at radius 3 is 2.28 bits per heavy atom. The molecule has 0 aromatic heterocycles. The molecule has 1 amide bonds. The summed E-state index contributed by atoms with van der Waals surface area (Å²) in [4.78, 5) is 12.7. The number of aryl methyl sites for hydroxylation is 2. The van der Waals surface area contributed by atoms with Gasteiger partial charge in [-0.2, -0.15) is 0 Å². The molecule has 2 rings (SSSR count). The van der Waals surface area contributed by atoms with Crippen LogP contribution < -0.4 is 14.4 Å². The normalized spacial score (nSPS) is 13.4. The van der Waals surface area contributed by atoms with Gasteiger partial charge in [0.15, 0.2) is 6.10 Å². The molecule has 158 valence electrons. The van der Waals surface area contributed by atoms with Crippen molar-refractivity contribution in [3.8, 4) is 5.75 Å². The molecule has 2 aromatic carbocycles. The monoisotopic (exact) mass is 418 g/mol. The Morgan fingerprint density at radius 2 is 1.76 bits per heavy atom. The van der Waals surface area contributed by atoms with Crippen LogP contribution in [0.4, 0.5) is 5.69 Å². The lowest BCUT2D eigenvalue weighted by atomic mass is 10.00. The van der Waals surface area contributed by atoms with Crippen LogP contribution in [0.2, 0.25) is 0 Å². The summed E-state index contributed by atoms with van der Waals surface area (Å²) in [5.74, 6) is 0.328. The molecular formula is C22H30N2O4S. The summed E-state index contributed by atoms with van der Waals surface area (Å²) in [6.45, 7) is 7.92. The van der Waals surface area contributed by atoms with Crippen LogP contribution in [0, 0.1) is 13.8 Å². The number of hydrogen-bond donors (Lipinski definition) is 1. The van der Waals surface area contributed by atoms with E-state index in [2.05, 4.69) is 11.4 Å². The van der Waals surface area contributed by atoms with Gasteiger partial charge in [-0.15, -0.1) is 0 Å². The highest BCUT2D eigenvalue weighted by atomic mass is 32.2. The van der Waals surface area contributed by atoms with E-state index in [1.165, 1.54) is 16.9 Å². The molecule has 0 saturated carbocycles. The summed E-state index contributed by atoms with van der Waals surface area (Å²) in [6.07, 6.45) is 1.02. The van der Waals surface area contributed by atoms with E-state index in [0.29, 0.717) is 17.9 Å². The molecule has 1 N–H and O–H groups in total. The van der Waals surface area contributed by atoms with Crippen molar-refractivity contribution in [3.05, 3.63) is 59.2 Å². The first-order valence-corrected chi connectivity index (χ1v) is 11.5. The average Bonchev–Trinajstić information content (AvgIpc) is 2.65. The third-order valence-corrected chi connectivity index (χ3v) is 6.10. The van der Waals surface area contributed by atoms with Gasteiger partial charge in [-0.25, -0.2) is 8.42 Å². The molecule has 0 aliphatic heterocycles. The lowest BCUT2D eigenvalue weighted by Crippen LogP contribution is -2.39. The van der Waals surface area contributed by atoms with E-state index in [9.17, 15) is 13.2 Å². The standard InChI is InChI=1S/C22H30N2O4S/c1-7-21(22(25)23-17(4)20-13-8-15(2)14-16(20)3)28-19-11-9-18(10-12-19)24(5)29(6,26)27/h8-14,17,21H,7H2,1-6H3,(H,23,25)/t17-,21+/m1/s1. The highest BCUT2D eigenvalue weighted by molar-refractivity contribution is 7.92. The number of nitrogens with zero attached hydrogens (tertiary/aromatic N) is 1. The molecule has 0 unspecified atom stereocenters. The highest BCUT2D eigenvalue weighted by Gasteiger charge is 2.21. The molecule has 2 aromatic rings. The van der Waals surface area contributed by atoms with Crippen molar-refractivity contribution in [2.75, 3.05) is 17.6 Å². The Morgan fingerprint density at radius 1 is 1.14 bits per heavy atom. The molecule has 0 radical (unpaired) electrons. The Hall–Kier alpha value is -2.54. The van der Waals surface area contributed by atoms with Crippen LogP contribution in [-0.2, 0) is 14.8 Å². The second-order valence-corrected chi connectivity index (χ2v) is 9.34. The number of carbonyl (C=O) groups is 1. The Balaban J connectivity index is 2.06. The van der Waals surface area contributed by atoms with Gasteiger partial charge < -0.3 is 10.1 Å². The summed E-state index contributed by atoms with van der Waals surface area (Å²) in [7, 11) is -1.84. The fraction of sp³-hybridized carbons (Fsp3) is 0.409. The number of hydrogen-bond acceptors (Lipinski definition) is 4. The van der Waals surface area contributed by atoms with Gasteiger partial charge >= 0.3 is 0 Å². The van der Waals surface area contributed by atoms with E-state index in [1.54, 1.807) is 24.3 Å². The number of ether oxygens (including phenoxy) is 1. The first-order chi connectivity index (χ1) is 13.5.